The van der Waals surface area contributed by atoms with Crippen molar-refractivity contribution in [1.29, 1.82) is 0 Å². The minimum atomic E-state index is -3.74. The van der Waals surface area contributed by atoms with E-state index in [1.54, 1.807) is 6.92 Å². The summed E-state index contributed by atoms with van der Waals surface area (Å²) in [6, 6.07) is 5.42. The Morgan fingerprint density at radius 2 is 2.17 bits per heavy atom. The molecule has 0 spiro atoms. The Bertz CT molecular complexity index is 685. The highest BCUT2D eigenvalue weighted by Gasteiger charge is 2.20. The highest BCUT2D eigenvalue weighted by molar-refractivity contribution is 9.11. The van der Waals surface area contributed by atoms with Crippen molar-refractivity contribution in [2.75, 3.05) is 4.72 Å². The monoisotopic (exact) mass is 350 g/mol. The van der Waals surface area contributed by atoms with Crippen molar-refractivity contribution in [2.45, 2.75) is 11.8 Å². The molecule has 0 fully saturated rings. The maximum absolute atomic E-state index is 12.9. The highest BCUT2D eigenvalue weighted by atomic mass is 79.9. The van der Waals surface area contributed by atoms with E-state index in [0.29, 0.717) is 8.66 Å². The van der Waals surface area contributed by atoms with Gasteiger partial charge in [-0.25, -0.2) is 13.4 Å². The van der Waals surface area contributed by atoms with Gasteiger partial charge in [-0.05, 0) is 41.1 Å². The summed E-state index contributed by atoms with van der Waals surface area (Å²) in [5.74, 6) is -0.782. The van der Waals surface area contributed by atoms with Gasteiger partial charge in [-0.1, -0.05) is 6.07 Å². The number of rotatable bonds is 3. The number of hydrogen-bond donors (Lipinski definition) is 1. The van der Waals surface area contributed by atoms with Gasteiger partial charge in [0.1, 0.15) is 10.7 Å². The van der Waals surface area contributed by atoms with Crippen molar-refractivity contribution < 1.29 is 12.8 Å². The molecule has 0 bridgehead atoms. The lowest BCUT2D eigenvalue weighted by Gasteiger charge is -2.06. The predicted molar refractivity (Wildman–Crippen MR) is 71.8 cm³/mol. The van der Waals surface area contributed by atoms with Crippen LogP contribution in [0.2, 0.25) is 0 Å². The number of anilines is 1. The second kappa shape index (κ2) is 4.94. The minimum absolute atomic E-state index is 0.0447. The van der Waals surface area contributed by atoms with Gasteiger partial charge in [0.15, 0.2) is 0 Å². The quantitative estimate of drug-likeness (QED) is 0.865. The van der Waals surface area contributed by atoms with Gasteiger partial charge in [0, 0.05) is 4.88 Å². The summed E-state index contributed by atoms with van der Waals surface area (Å²) >= 11 is 4.54. The SMILES string of the molecule is Cc1sc(Br)cc1S(=O)(=O)Nc1cccc(F)n1. The normalized spacial score (nSPS) is 11.5. The molecule has 0 saturated heterocycles. The molecule has 0 atom stereocenters. The van der Waals surface area contributed by atoms with Crippen LogP contribution in [0.1, 0.15) is 4.88 Å². The number of hydrogen-bond acceptors (Lipinski definition) is 4. The Morgan fingerprint density at radius 1 is 1.44 bits per heavy atom. The zero-order valence-corrected chi connectivity index (χ0v) is 12.4. The molecule has 0 aromatic carbocycles. The lowest BCUT2D eigenvalue weighted by atomic mass is 10.5. The first-order chi connectivity index (χ1) is 8.38. The Labute approximate surface area is 116 Å². The van der Waals surface area contributed by atoms with Crippen molar-refractivity contribution in [3.63, 3.8) is 0 Å². The molecule has 8 heteroatoms. The molecule has 0 aliphatic rings. The summed E-state index contributed by atoms with van der Waals surface area (Å²) in [6.07, 6.45) is 0. The van der Waals surface area contributed by atoms with Crippen LogP contribution in [0.4, 0.5) is 10.2 Å². The van der Waals surface area contributed by atoms with E-state index in [2.05, 4.69) is 25.6 Å². The molecule has 0 aliphatic carbocycles. The van der Waals surface area contributed by atoms with E-state index in [1.165, 1.54) is 29.5 Å². The van der Waals surface area contributed by atoms with E-state index >= 15 is 0 Å². The molecule has 0 unspecified atom stereocenters. The zero-order chi connectivity index (χ0) is 13.3. The third-order valence-corrected chi connectivity index (χ3v) is 5.25. The number of aromatic nitrogens is 1. The van der Waals surface area contributed by atoms with Crippen molar-refractivity contribution in [1.82, 2.24) is 4.98 Å². The van der Waals surface area contributed by atoms with Crippen LogP contribution in [0.3, 0.4) is 0 Å². The van der Waals surface area contributed by atoms with Crippen LogP contribution in [-0.4, -0.2) is 13.4 Å². The van der Waals surface area contributed by atoms with Gasteiger partial charge in [-0.15, -0.1) is 11.3 Å². The number of thiophene rings is 1. The predicted octanol–water partition coefficient (Wildman–Crippen LogP) is 3.15. The number of nitrogens with one attached hydrogen (secondary N) is 1. The van der Waals surface area contributed by atoms with Gasteiger partial charge >= 0.3 is 0 Å². The van der Waals surface area contributed by atoms with Crippen LogP contribution >= 0.6 is 27.3 Å². The van der Waals surface area contributed by atoms with Crippen LogP contribution in [0.15, 0.2) is 32.9 Å². The van der Waals surface area contributed by atoms with Crippen molar-refractivity contribution in [3.05, 3.63) is 38.9 Å². The molecule has 2 aromatic rings. The topological polar surface area (TPSA) is 59.1 Å². The number of pyridine rings is 1. The fourth-order valence-electron chi connectivity index (χ4n) is 1.36. The third-order valence-electron chi connectivity index (χ3n) is 2.09. The number of nitrogens with zero attached hydrogens (tertiary/aromatic N) is 1. The number of sulfonamides is 1. The smallest absolute Gasteiger partial charge is 0.263 e. The maximum atomic E-state index is 12.9. The van der Waals surface area contributed by atoms with Crippen molar-refractivity contribution >= 4 is 43.1 Å². The van der Waals surface area contributed by atoms with E-state index < -0.39 is 16.0 Å². The first kappa shape index (κ1) is 13.4. The van der Waals surface area contributed by atoms with Crippen LogP contribution in [0, 0.1) is 12.9 Å². The van der Waals surface area contributed by atoms with Crippen molar-refractivity contribution in [3.8, 4) is 0 Å². The molecular weight excluding hydrogens is 343 g/mol. The lowest BCUT2D eigenvalue weighted by Crippen LogP contribution is -2.14. The summed E-state index contributed by atoms with van der Waals surface area (Å²) in [6.45, 7) is 1.70. The standard InChI is InChI=1S/C10H8BrFN2O2S2/c1-6-7(5-8(11)17-6)18(15,16)14-10-4-2-3-9(12)13-10/h2-5H,1H3,(H,13,14). The Kier molecular flexibility index (Phi) is 3.69. The number of halogens is 2. The fourth-order valence-corrected chi connectivity index (χ4v) is 4.77. The van der Waals surface area contributed by atoms with E-state index in [0.717, 1.165) is 6.07 Å². The van der Waals surface area contributed by atoms with Gasteiger partial charge < -0.3 is 0 Å². The molecule has 1 N–H and O–H groups in total. The van der Waals surface area contributed by atoms with Gasteiger partial charge in [0.05, 0.1) is 3.79 Å². The van der Waals surface area contributed by atoms with Crippen LogP contribution < -0.4 is 4.72 Å². The summed E-state index contributed by atoms with van der Waals surface area (Å²) in [5.41, 5.74) is 0. The largest absolute Gasteiger partial charge is 0.264 e. The third kappa shape index (κ3) is 2.88. The van der Waals surface area contributed by atoms with Gasteiger partial charge in [-0.2, -0.15) is 4.39 Å². The van der Waals surface area contributed by atoms with Crippen LogP contribution in [-0.2, 0) is 10.0 Å². The lowest BCUT2D eigenvalue weighted by molar-refractivity contribution is 0.584. The molecule has 0 saturated carbocycles. The molecule has 0 aliphatic heterocycles. The number of aryl methyl sites for hydroxylation is 1. The molecule has 2 heterocycles. The molecule has 0 amide bonds. The van der Waals surface area contributed by atoms with Crippen LogP contribution in [0.25, 0.3) is 0 Å². The Hall–Kier alpha value is -0.990. The van der Waals surface area contributed by atoms with Crippen molar-refractivity contribution in [2.24, 2.45) is 0 Å². The molecule has 4 nitrogen and oxygen atoms in total. The summed E-state index contributed by atoms with van der Waals surface area (Å²) in [4.78, 5) is 4.26. The molecular formula is C10H8BrFN2O2S2. The van der Waals surface area contributed by atoms with E-state index in [4.69, 9.17) is 0 Å². The summed E-state index contributed by atoms with van der Waals surface area (Å²) in [7, 11) is -3.74. The first-order valence-electron chi connectivity index (χ1n) is 4.80. The second-order valence-corrected chi connectivity index (χ2v) is 7.71. The molecule has 0 radical (unpaired) electrons. The van der Waals surface area contributed by atoms with E-state index in [1.807, 2.05) is 0 Å². The first-order valence-corrected chi connectivity index (χ1v) is 7.89. The second-order valence-electron chi connectivity index (χ2n) is 3.42. The average molecular weight is 351 g/mol. The van der Waals surface area contributed by atoms with Crippen LogP contribution in [0.5, 0.6) is 0 Å². The molecule has 18 heavy (non-hydrogen) atoms. The molecule has 2 aromatic heterocycles. The fraction of sp³-hybridized carbons (Fsp3) is 0.100. The van der Waals surface area contributed by atoms with E-state index in [-0.39, 0.29) is 10.7 Å². The van der Waals surface area contributed by atoms with Gasteiger partial charge in [-0.3, -0.25) is 4.72 Å². The Morgan fingerprint density at radius 3 is 2.72 bits per heavy atom. The highest BCUT2D eigenvalue weighted by Crippen LogP contribution is 2.30. The minimum Gasteiger partial charge on any atom is -0.263 e. The molecule has 2 rings (SSSR count). The van der Waals surface area contributed by atoms with Gasteiger partial charge in [0.25, 0.3) is 10.0 Å². The Balaban J connectivity index is 2.36. The van der Waals surface area contributed by atoms with E-state index in [9.17, 15) is 12.8 Å². The average Bonchev–Trinajstić information content (AvgIpc) is 2.58. The maximum Gasteiger partial charge on any atom is 0.264 e. The summed E-state index contributed by atoms with van der Waals surface area (Å²) < 4.78 is 39.9. The zero-order valence-electron chi connectivity index (χ0n) is 9.15. The van der Waals surface area contributed by atoms with Gasteiger partial charge in [0.2, 0.25) is 5.95 Å². The molecule has 96 valence electrons. The summed E-state index contributed by atoms with van der Waals surface area (Å²) in [5, 5.41) is 0.